The number of nitrogens with zero attached hydrogens (tertiary/aromatic N) is 1. The van der Waals surface area contributed by atoms with E-state index >= 15 is 0 Å². The Morgan fingerprint density at radius 2 is 2.17 bits per heavy atom. The SMILES string of the molecule is CCC(N)(C(=O)O)C1=NNc2ccccc2C=C1. The maximum atomic E-state index is 11.3. The third-order valence-corrected chi connectivity index (χ3v) is 3.07. The van der Waals surface area contributed by atoms with Crippen molar-refractivity contribution in [3.05, 3.63) is 35.9 Å². The van der Waals surface area contributed by atoms with Crippen molar-refractivity contribution in [2.24, 2.45) is 10.8 Å². The fraction of sp³-hybridized carbons (Fsp3) is 0.231. The van der Waals surface area contributed by atoms with E-state index in [1.807, 2.05) is 30.3 Å². The zero-order valence-electron chi connectivity index (χ0n) is 10.1. The molecule has 18 heavy (non-hydrogen) atoms. The maximum absolute atomic E-state index is 11.3. The number of carboxylic acid groups (broad SMARTS) is 1. The highest BCUT2D eigenvalue weighted by atomic mass is 16.4. The zero-order chi connectivity index (χ0) is 13.2. The first-order valence-corrected chi connectivity index (χ1v) is 5.71. The quantitative estimate of drug-likeness (QED) is 0.756. The molecular formula is C13H15N3O2. The highest BCUT2D eigenvalue weighted by Crippen LogP contribution is 2.21. The van der Waals surface area contributed by atoms with Crippen molar-refractivity contribution in [1.29, 1.82) is 0 Å². The molecule has 2 rings (SSSR count). The average Bonchev–Trinajstić information content (AvgIpc) is 2.60. The Morgan fingerprint density at radius 3 is 2.83 bits per heavy atom. The molecule has 1 atom stereocenters. The monoisotopic (exact) mass is 245 g/mol. The van der Waals surface area contributed by atoms with Crippen LogP contribution in [0.2, 0.25) is 0 Å². The third-order valence-electron chi connectivity index (χ3n) is 3.07. The molecule has 0 radical (unpaired) electrons. The van der Waals surface area contributed by atoms with Gasteiger partial charge < -0.3 is 10.8 Å². The number of benzene rings is 1. The number of aliphatic carboxylic acids is 1. The highest BCUT2D eigenvalue weighted by Gasteiger charge is 2.37. The van der Waals surface area contributed by atoms with Crippen LogP contribution in [0, 0.1) is 0 Å². The Morgan fingerprint density at radius 1 is 1.44 bits per heavy atom. The van der Waals surface area contributed by atoms with Crippen molar-refractivity contribution >= 4 is 23.4 Å². The van der Waals surface area contributed by atoms with Gasteiger partial charge in [0.05, 0.1) is 11.4 Å². The van der Waals surface area contributed by atoms with Gasteiger partial charge in [-0.05, 0) is 24.1 Å². The van der Waals surface area contributed by atoms with Gasteiger partial charge in [0, 0.05) is 0 Å². The molecule has 0 amide bonds. The molecule has 0 aliphatic carbocycles. The minimum atomic E-state index is -1.47. The highest BCUT2D eigenvalue weighted by molar-refractivity contribution is 6.17. The van der Waals surface area contributed by atoms with Crippen molar-refractivity contribution in [2.45, 2.75) is 18.9 Å². The van der Waals surface area contributed by atoms with Crippen LogP contribution >= 0.6 is 0 Å². The molecule has 0 spiro atoms. The van der Waals surface area contributed by atoms with Crippen LogP contribution in [0.5, 0.6) is 0 Å². The molecule has 0 saturated carbocycles. The molecule has 94 valence electrons. The molecule has 1 aromatic carbocycles. The number of nitrogens with one attached hydrogen (secondary N) is 1. The molecule has 5 nitrogen and oxygen atoms in total. The topological polar surface area (TPSA) is 87.7 Å². The zero-order valence-corrected chi connectivity index (χ0v) is 10.1. The average molecular weight is 245 g/mol. The number of hydrogen-bond acceptors (Lipinski definition) is 4. The second kappa shape index (κ2) is 4.62. The Hall–Kier alpha value is -2.14. The normalized spacial score (nSPS) is 16.9. The molecule has 1 aliphatic heterocycles. The first kappa shape index (κ1) is 12.3. The number of anilines is 1. The molecule has 1 aromatic rings. The minimum absolute atomic E-state index is 0.267. The lowest BCUT2D eigenvalue weighted by molar-refractivity contribution is -0.140. The summed E-state index contributed by atoms with van der Waals surface area (Å²) in [7, 11) is 0. The van der Waals surface area contributed by atoms with Gasteiger partial charge in [-0.2, -0.15) is 5.10 Å². The Bertz CT molecular complexity index is 537. The summed E-state index contributed by atoms with van der Waals surface area (Å²) in [5.74, 6) is -1.08. The van der Waals surface area contributed by atoms with E-state index in [-0.39, 0.29) is 6.42 Å². The molecule has 5 heteroatoms. The fourth-order valence-corrected chi connectivity index (χ4v) is 1.76. The van der Waals surface area contributed by atoms with E-state index in [2.05, 4.69) is 10.5 Å². The second-order valence-electron chi connectivity index (χ2n) is 4.16. The molecule has 1 unspecified atom stereocenters. The fourth-order valence-electron chi connectivity index (χ4n) is 1.76. The van der Waals surface area contributed by atoms with E-state index in [9.17, 15) is 9.90 Å². The Balaban J connectivity index is 2.40. The number of rotatable bonds is 3. The van der Waals surface area contributed by atoms with Gasteiger partial charge >= 0.3 is 5.97 Å². The molecule has 1 aliphatic rings. The largest absolute Gasteiger partial charge is 0.480 e. The number of hydrazone groups is 1. The van der Waals surface area contributed by atoms with Crippen molar-refractivity contribution in [1.82, 2.24) is 0 Å². The van der Waals surface area contributed by atoms with Gasteiger partial charge in [-0.25, -0.2) is 4.79 Å². The van der Waals surface area contributed by atoms with Gasteiger partial charge in [0.2, 0.25) is 0 Å². The van der Waals surface area contributed by atoms with Gasteiger partial charge in [-0.3, -0.25) is 5.43 Å². The summed E-state index contributed by atoms with van der Waals surface area (Å²) in [4.78, 5) is 11.3. The van der Waals surface area contributed by atoms with Crippen molar-refractivity contribution in [2.75, 3.05) is 5.43 Å². The third kappa shape index (κ3) is 2.00. The number of fused-ring (bicyclic) bond motifs is 1. The van der Waals surface area contributed by atoms with Crippen LogP contribution in [0.25, 0.3) is 6.08 Å². The maximum Gasteiger partial charge on any atom is 0.330 e. The summed E-state index contributed by atoms with van der Waals surface area (Å²) >= 11 is 0. The number of para-hydroxylation sites is 1. The van der Waals surface area contributed by atoms with E-state index in [1.54, 1.807) is 13.0 Å². The number of hydrogen-bond donors (Lipinski definition) is 3. The standard InChI is InChI=1S/C13H15N3O2/c1-2-13(14,12(17)18)11-8-7-9-5-3-4-6-10(9)15-16-11/h3-8,15H,2,14H2,1H3,(H,17,18). The van der Waals surface area contributed by atoms with E-state index in [0.29, 0.717) is 5.71 Å². The predicted molar refractivity (Wildman–Crippen MR) is 71.4 cm³/mol. The van der Waals surface area contributed by atoms with Crippen LogP contribution in [0.1, 0.15) is 18.9 Å². The smallest absolute Gasteiger partial charge is 0.330 e. The first-order chi connectivity index (χ1) is 8.58. The molecule has 1 heterocycles. The predicted octanol–water partition coefficient (Wildman–Crippen LogP) is 1.67. The number of carbonyl (C=O) groups is 1. The minimum Gasteiger partial charge on any atom is -0.480 e. The molecule has 4 N–H and O–H groups in total. The molecule has 0 fully saturated rings. The van der Waals surface area contributed by atoms with Crippen molar-refractivity contribution in [3.8, 4) is 0 Å². The van der Waals surface area contributed by atoms with Gasteiger partial charge in [0.15, 0.2) is 5.54 Å². The summed E-state index contributed by atoms with van der Waals surface area (Å²) in [6.45, 7) is 1.72. The van der Waals surface area contributed by atoms with Crippen LogP contribution < -0.4 is 11.2 Å². The lowest BCUT2D eigenvalue weighted by atomic mass is 9.91. The Labute approximate surface area is 105 Å². The van der Waals surface area contributed by atoms with E-state index in [1.165, 1.54) is 0 Å². The summed E-state index contributed by atoms with van der Waals surface area (Å²) in [5.41, 5.74) is 9.37. The van der Waals surface area contributed by atoms with E-state index in [4.69, 9.17) is 5.73 Å². The summed E-state index contributed by atoms with van der Waals surface area (Å²) in [6.07, 6.45) is 3.73. The van der Waals surface area contributed by atoms with Crippen molar-refractivity contribution < 1.29 is 9.90 Å². The first-order valence-electron chi connectivity index (χ1n) is 5.71. The second-order valence-corrected chi connectivity index (χ2v) is 4.16. The van der Waals surface area contributed by atoms with Crippen LogP contribution in [-0.4, -0.2) is 22.3 Å². The van der Waals surface area contributed by atoms with E-state index < -0.39 is 11.5 Å². The number of nitrogens with two attached hydrogens (primary N) is 1. The van der Waals surface area contributed by atoms with E-state index in [0.717, 1.165) is 11.3 Å². The van der Waals surface area contributed by atoms with Gasteiger partial charge in [-0.15, -0.1) is 0 Å². The van der Waals surface area contributed by atoms with Crippen LogP contribution in [-0.2, 0) is 4.79 Å². The molecule has 0 aromatic heterocycles. The van der Waals surface area contributed by atoms with Crippen LogP contribution in [0.3, 0.4) is 0 Å². The summed E-state index contributed by atoms with van der Waals surface area (Å²) < 4.78 is 0. The molecule has 0 bridgehead atoms. The van der Waals surface area contributed by atoms with Gasteiger partial charge in [0.1, 0.15) is 0 Å². The van der Waals surface area contributed by atoms with Crippen LogP contribution in [0.4, 0.5) is 5.69 Å². The number of carboxylic acids is 1. The summed E-state index contributed by atoms with van der Waals surface area (Å²) in [5, 5.41) is 13.3. The van der Waals surface area contributed by atoms with Gasteiger partial charge in [-0.1, -0.05) is 31.2 Å². The molecular weight excluding hydrogens is 230 g/mol. The Kier molecular flexibility index (Phi) is 3.16. The summed E-state index contributed by atoms with van der Waals surface area (Å²) in [6, 6.07) is 7.58. The van der Waals surface area contributed by atoms with Gasteiger partial charge in [0.25, 0.3) is 0 Å². The lowest BCUT2D eigenvalue weighted by Crippen LogP contribution is -2.54. The molecule has 0 saturated heterocycles. The lowest BCUT2D eigenvalue weighted by Gasteiger charge is -2.22. The van der Waals surface area contributed by atoms with Crippen LogP contribution in [0.15, 0.2) is 35.4 Å². The van der Waals surface area contributed by atoms with Crippen molar-refractivity contribution in [3.63, 3.8) is 0 Å².